The second-order valence-corrected chi connectivity index (χ2v) is 3.40. The molecule has 1 rings (SSSR count). The zero-order chi connectivity index (χ0) is 14.5. The molecule has 0 radical (unpaired) electrons. The minimum atomic E-state index is -1.42. The maximum Gasteiger partial charge on any atom is 0.377 e. The number of hydrogen-bond donors (Lipinski definition) is 5. The van der Waals surface area contributed by atoms with E-state index in [0.29, 0.717) is 0 Å². The third-order valence-electron chi connectivity index (χ3n) is 1.84. The van der Waals surface area contributed by atoms with Gasteiger partial charge in [0, 0.05) is 5.57 Å². The van der Waals surface area contributed by atoms with Crippen LogP contribution in [0.25, 0.3) is 0 Å². The van der Waals surface area contributed by atoms with Crippen molar-refractivity contribution in [3.63, 3.8) is 0 Å². The largest absolute Gasteiger partial charge is 0.505 e. The molecule has 0 bridgehead atoms. The maximum absolute atomic E-state index is 10.5. The molecule has 0 aromatic heterocycles. The Kier molecular flexibility index (Phi) is 5.86. The molecule has 0 amide bonds. The highest BCUT2D eigenvalue weighted by molar-refractivity contribution is 5.89. The summed E-state index contributed by atoms with van der Waals surface area (Å²) in [5.41, 5.74) is 0.176. The molecular weight excluding hydrogens is 248 g/mol. The van der Waals surface area contributed by atoms with Crippen LogP contribution in [-0.4, -0.2) is 56.3 Å². The van der Waals surface area contributed by atoms with Gasteiger partial charge in [-0.25, -0.2) is 9.59 Å². The standard InChI is InChI=1S/C6H8O6.C4H6O2/c7-1-2(8)5-3(9)4(10)6(11)12-5;1-3(2)4(5)6/h2,5,7-10H,1H2;1H2,2H3,(H,5,6)/t2-,5+;/m0./s1. The zero-order valence-electron chi connectivity index (χ0n) is 9.53. The van der Waals surface area contributed by atoms with E-state index in [-0.39, 0.29) is 5.57 Å². The summed E-state index contributed by atoms with van der Waals surface area (Å²) in [5.74, 6) is -3.71. The van der Waals surface area contributed by atoms with E-state index in [1.165, 1.54) is 6.92 Å². The van der Waals surface area contributed by atoms with E-state index in [2.05, 4.69) is 11.3 Å². The van der Waals surface area contributed by atoms with E-state index in [0.717, 1.165) is 0 Å². The van der Waals surface area contributed by atoms with Crippen molar-refractivity contribution in [2.75, 3.05) is 6.61 Å². The lowest BCUT2D eigenvalue weighted by molar-refractivity contribution is -0.147. The van der Waals surface area contributed by atoms with Crippen LogP contribution < -0.4 is 0 Å². The number of aliphatic hydroxyl groups excluding tert-OH is 4. The summed E-state index contributed by atoms with van der Waals surface area (Å²) < 4.78 is 4.32. The van der Waals surface area contributed by atoms with Crippen molar-refractivity contribution in [2.45, 2.75) is 19.1 Å². The summed E-state index contributed by atoms with van der Waals surface area (Å²) in [5, 5.41) is 42.9. The zero-order valence-corrected chi connectivity index (χ0v) is 9.53. The van der Waals surface area contributed by atoms with Crippen LogP contribution in [0.4, 0.5) is 0 Å². The van der Waals surface area contributed by atoms with E-state index in [9.17, 15) is 9.59 Å². The van der Waals surface area contributed by atoms with Gasteiger partial charge >= 0.3 is 11.9 Å². The molecule has 5 N–H and O–H groups in total. The number of esters is 1. The number of carbonyl (C=O) groups is 2. The summed E-state index contributed by atoms with van der Waals surface area (Å²) in [6.07, 6.45) is -2.78. The van der Waals surface area contributed by atoms with Crippen molar-refractivity contribution in [1.29, 1.82) is 0 Å². The van der Waals surface area contributed by atoms with Crippen molar-refractivity contribution in [1.82, 2.24) is 0 Å². The molecule has 0 saturated carbocycles. The van der Waals surface area contributed by atoms with Gasteiger partial charge in [0.1, 0.15) is 6.10 Å². The minimum Gasteiger partial charge on any atom is -0.505 e. The number of carboxylic acids is 1. The predicted octanol–water partition coefficient (Wildman–Crippen LogP) is -0.760. The molecule has 8 nitrogen and oxygen atoms in total. The van der Waals surface area contributed by atoms with Crippen molar-refractivity contribution >= 4 is 11.9 Å². The van der Waals surface area contributed by atoms with Crippen molar-refractivity contribution in [3.05, 3.63) is 23.7 Å². The molecule has 0 aromatic rings. The fourth-order valence-corrected chi connectivity index (χ4v) is 0.823. The summed E-state index contributed by atoms with van der Waals surface area (Å²) in [7, 11) is 0. The quantitative estimate of drug-likeness (QED) is 0.329. The molecule has 8 heteroatoms. The van der Waals surface area contributed by atoms with Crippen LogP contribution in [0.15, 0.2) is 23.7 Å². The first-order valence-corrected chi connectivity index (χ1v) is 4.73. The lowest BCUT2D eigenvalue weighted by Crippen LogP contribution is -2.31. The van der Waals surface area contributed by atoms with Gasteiger partial charge in [0.25, 0.3) is 0 Å². The Morgan fingerprint density at radius 2 is 1.94 bits per heavy atom. The summed E-state index contributed by atoms with van der Waals surface area (Å²) in [4.78, 5) is 20.1. The fourth-order valence-electron chi connectivity index (χ4n) is 0.823. The number of cyclic esters (lactones) is 1. The topological polar surface area (TPSA) is 145 Å². The highest BCUT2D eigenvalue weighted by Crippen LogP contribution is 2.20. The third-order valence-corrected chi connectivity index (χ3v) is 1.84. The van der Waals surface area contributed by atoms with Gasteiger partial charge in [-0.2, -0.15) is 0 Å². The summed E-state index contributed by atoms with van der Waals surface area (Å²) in [6.45, 7) is 3.93. The molecule has 1 heterocycles. The van der Waals surface area contributed by atoms with Gasteiger partial charge in [-0.15, -0.1) is 0 Å². The summed E-state index contributed by atoms with van der Waals surface area (Å²) in [6, 6.07) is 0. The molecule has 0 aliphatic carbocycles. The van der Waals surface area contributed by atoms with Crippen LogP contribution in [-0.2, 0) is 14.3 Å². The Bertz CT molecular complexity index is 371. The molecule has 0 aromatic carbocycles. The SMILES string of the molecule is C=C(C)C(=O)O.O=C1O[C@H]([C@@H](O)CO)C(O)=C1O. The Hall–Kier alpha value is -2.06. The smallest absolute Gasteiger partial charge is 0.377 e. The van der Waals surface area contributed by atoms with Crippen molar-refractivity contribution in [2.24, 2.45) is 0 Å². The van der Waals surface area contributed by atoms with Crippen LogP contribution in [0.1, 0.15) is 6.92 Å². The van der Waals surface area contributed by atoms with Crippen LogP contribution in [0.2, 0.25) is 0 Å². The molecule has 102 valence electrons. The monoisotopic (exact) mass is 262 g/mol. The molecule has 0 saturated heterocycles. The second-order valence-electron chi connectivity index (χ2n) is 3.40. The first-order valence-electron chi connectivity index (χ1n) is 4.73. The second kappa shape index (κ2) is 6.62. The number of ether oxygens (including phenoxy) is 1. The number of aliphatic carboxylic acids is 1. The Balaban J connectivity index is 0.000000411. The Morgan fingerprint density at radius 3 is 2.17 bits per heavy atom. The molecule has 0 unspecified atom stereocenters. The van der Waals surface area contributed by atoms with Crippen LogP contribution in [0.5, 0.6) is 0 Å². The van der Waals surface area contributed by atoms with Gasteiger partial charge in [0.15, 0.2) is 11.9 Å². The fraction of sp³-hybridized carbons (Fsp3) is 0.400. The van der Waals surface area contributed by atoms with Gasteiger partial charge in [0.05, 0.1) is 6.61 Å². The van der Waals surface area contributed by atoms with Gasteiger partial charge in [-0.05, 0) is 6.92 Å². The van der Waals surface area contributed by atoms with E-state index < -0.39 is 42.3 Å². The maximum atomic E-state index is 10.5. The van der Waals surface area contributed by atoms with Gasteiger partial charge in [0.2, 0.25) is 5.76 Å². The third kappa shape index (κ3) is 4.07. The number of carboxylic acid groups (broad SMARTS) is 1. The normalized spacial score (nSPS) is 19.7. The number of hydrogen-bond acceptors (Lipinski definition) is 7. The number of aliphatic hydroxyl groups is 4. The highest BCUT2D eigenvalue weighted by Gasteiger charge is 2.38. The van der Waals surface area contributed by atoms with E-state index >= 15 is 0 Å². The molecule has 0 fully saturated rings. The first kappa shape index (κ1) is 15.9. The van der Waals surface area contributed by atoms with Crippen molar-refractivity contribution < 1.29 is 39.9 Å². The van der Waals surface area contributed by atoms with Gasteiger partial charge in [-0.3, -0.25) is 0 Å². The number of carbonyl (C=O) groups excluding carboxylic acids is 1. The van der Waals surface area contributed by atoms with Crippen LogP contribution in [0, 0.1) is 0 Å². The molecule has 0 spiro atoms. The van der Waals surface area contributed by atoms with E-state index in [1.54, 1.807) is 0 Å². The first-order chi connectivity index (χ1) is 8.22. The van der Waals surface area contributed by atoms with Crippen LogP contribution in [0.3, 0.4) is 0 Å². The Labute approximate surface area is 102 Å². The van der Waals surface area contributed by atoms with Crippen molar-refractivity contribution in [3.8, 4) is 0 Å². The van der Waals surface area contributed by atoms with E-state index in [4.69, 9.17) is 25.5 Å². The summed E-state index contributed by atoms with van der Waals surface area (Å²) >= 11 is 0. The average Bonchev–Trinajstić information content (AvgIpc) is 2.56. The van der Waals surface area contributed by atoms with Crippen LogP contribution >= 0.6 is 0 Å². The van der Waals surface area contributed by atoms with E-state index in [1.807, 2.05) is 0 Å². The number of rotatable bonds is 3. The molecule has 2 atom stereocenters. The molecule has 18 heavy (non-hydrogen) atoms. The van der Waals surface area contributed by atoms with Gasteiger partial charge < -0.3 is 30.3 Å². The minimum absolute atomic E-state index is 0.176. The molecule has 1 aliphatic heterocycles. The lowest BCUT2D eigenvalue weighted by atomic mass is 10.2. The predicted molar refractivity (Wildman–Crippen MR) is 57.7 cm³/mol. The average molecular weight is 262 g/mol. The highest BCUT2D eigenvalue weighted by atomic mass is 16.6. The van der Waals surface area contributed by atoms with Gasteiger partial charge in [-0.1, -0.05) is 6.58 Å². The lowest BCUT2D eigenvalue weighted by Gasteiger charge is -2.13. The molecule has 1 aliphatic rings. The Morgan fingerprint density at radius 1 is 1.50 bits per heavy atom. The molecular formula is C10H14O8.